The molecule has 2 aliphatic rings. The Morgan fingerprint density at radius 3 is 1.50 bits per heavy atom. The summed E-state index contributed by atoms with van der Waals surface area (Å²) >= 11 is -1.60. The molecule has 0 saturated carbocycles. The van der Waals surface area contributed by atoms with Crippen LogP contribution in [0.3, 0.4) is 0 Å². The third-order valence-corrected chi connectivity index (χ3v) is 8.97. The molecule has 2 aromatic rings. The summed E-state index contributed by atoms with van der Waals surface area (Å²) in [5.74, 6) is 0. The van der Waals surface area contributed by atoms with E-state index in [0.29, 0.717) is 0 Å². The SMILES string of the molecule is C[C](C)=[Ti]([Cl])[Cl].c1cc2c([cH-]1)CCCC2.c1cc2c([cH-]1)CCCC2. The van der Waals surface area contributed by atoms with Gasteiger partial charge in [-0.3, -0.25) is 0 Å². The normalized spacial score (nSPS) is 15.0. The minimum atomic E-state index is -1.60. The van der Waals surface area contributed by atoms with Crippen molar-refractivity contribution in [1.29, 1.82) is 0 Å². The van der Waals surface area contributed by atoms with Crippen molar-refractivity contribution in [2.75, 3.05) is 0 Å². The van der Waals surface area contributed by atoms with Crippen LogP contribution in [0.2, 0.25) is 0 Å². The molecule has 0 bridgehead atoms. The fraction of sp³-hybridized carbons (Fsp3) is 0.476. The van der Waals surface area contributed by atoms with Gasteiger partial charge in [0.1, 0.15) is 0 Å². The van der Waals surface area contributed by atoms with Crippen molar-refractivity contribution >= 4 is 22.4 Å². The summed E-state index contributed by atoms with van der Waals surface area (Å²) < 4.78 is 1.21. The van der Waals surface area contributed by atoms with Crippen LogP contribution in [0.15, 0.2) is 36.4 Å². The van der Waals surface area contributed by atoms with Crippen LogP contribution >= 0.6 is 18.6 Å². The third kappa shape index (κ3) is 6.64. The van der Waals surface area contributed by atoms with Crippen molar-refractivity contribution in [3.8, 4) is 0 Å². The van der Waals surface area contributed by atoms with Gasteiger partial charge in [-0.15, -0.1) is 0 Å². The molecule has 0 aliphatic heterocycles. The minimum Gasteiger partial charge on any atom is -0.210 e. The Kier molecular flexibility index (Phi) is 9.05. The molecule has 2 aromatic carbocycles. The monoisotopic (exact) mass is 398 g/mol. The van der Waals surface area contributed by atoms with Crippen LogP contribution in [0.1, 0.15) is 61.8 Å². The predicted molar refractivity (Wildman–Crippen MR) is 105 cm³/mol. The standard InChI is InChI=1S/2C9H11.C3H6.2ClH.Ti/c2*1-2-5-9-7-3-6-8(9)4-1;1-3-2;;;/h2*3,6-7H,1-2,4-5H2;1-2H3;2*1H;/q2*-1;;;;+2/p-2. The minimum absolute atomic E-state index is 1.21. The molecule has 0 radical (unpaired) electrons. The number of fused-ring (bicyclic) bond motifs is 2. The zero-order valence-electron chi connectivity index (χ0n) is 14.9. The number of hydrogen-bond donors (Lipinski definition) is 0. The Labute approximate surface area is 161 Å². The van der Waals surface area contributed by atoms with Gasteiger partial charge in [0, 0.05) is 0 Å². The molecule has 0 amide bonds. The molecule has 4 rings (SSSR count). The first kappa shape index (κ1) is 20.2. The molecule has 0 unspecified atom stereocenters. The van der Waals surface area contributed by atoms with E-state index >= 15 is 0 Å². The molecule has 3 heteroatoms. The fourth-order valence-electron chi connectivity index (χ4n) is 3.23. The van der Waals surface area contributed by atoms with Gasteiger partial charge < -0.3 is 0 Å². The van der Waals surface area contributed by atoms with Crippen molar-refractivity contribution in [2.24, 2.45) is 0 Å². The van der Waals surface area contributed by atoms with Gasteiger partial charge in [-0.25, -0.2) is 12.1 Å². The van der Waals surface area contributed by atoms with Crippen LogP contribution in [0.25, 0.3) is 0 Å². The zero-order chi connectivity index (χ0) is 17.4. The number of hydrogen-bond acceptors (Lipinski definition) is 0. The van der Waals surface area contributed by atoms with E-state index in [2.05, 4.69) is 36.4 Å². The molecule has 0 heterocycles. The van der Waals surface area contributed by atoms with E-state index in [0.717, 1.165) is 0 Å². The summed E-state index contributed by atoms with van der Waals surface area (Å²) in [6.45, 7) is 3.94. The van der Waals surface area contributed by atoms with E-state index in [1.807, 2.05) is 13.8 Å². The van der Waals surface area contributed by atoms with Crippen molar-refractivity contribution in [1.82, 2.24) is 0 Å². The van der Waals surface area contributed by atoms with Gasteiger partial charge in [-0.2, -0.15) is 46.5 Å². The Morgan fingerprint density at radius 2 is 1.17 bits per heavy atom. The molecule has 0 N–H and O–H groups in total. The maximum Gasteiger partial charge on any atom is -0.0512 e. The average molecular weight is 399 g/mol. The van der Waals surface area contributed by atoms with E-state index in [-0.39, 0.29) is 0 Å². The van der Waals surface area contributed by atoms with Crippen LogP contribution in [0, 0.1) is 0 Å². The molecule has 0 aromatic heterocycles. The predicted octanol–water partition coefficient (Wildman–Crippen LogP) is 6.69. The smallest absolute Gasteiger partial charge is 0.0512 e. The van der Waals surface area contributed by atoms with E-state index in [9.17, 15) is 0 Å². The molecular formula is C21H28Cl2Ti-2. The second-order valence-corrected chi connectivity index (χ2v) is 13.1. The first-order valence-corrected chi connectivity index (χ1v) is 14.1. The summed E-state index contributed by atoms with van der Waals surface area (Å²) in [7, 11) is 11.0. The summed E-state index contributed by atoms with van der Waals surface area (Å²) in [6, 6.07) is 13.4. The van der Waals surface area contributed by atoms with Crippen LogP contribution in [0.4, 0.5) is 0 Å². The molecule has 2 aliphatic carbocycles. The fourth-order valence-corrected chi connectivity index (χ4v) is 3.23. The maximum atomic E-state index is 5.51. The number of aryl methyl sites for hydroxylation is 4. The van der Waals surface area contributed by atoms with Gasteiger partial charge in [0.25, 0.3) is 0 Å². The van der Waals surface area contributed by atoms with E-state index < -0.39 is 15.3 Å². The van der Waals surface area contributed by atoms with Crippen LogP contribution < -0.4 is 0 Å². The Bertz CT molecular complexity index is 543. The van der Waals surface area contributed by atoms with Crippen molar-refractivity contribution in [3.05, 3.63) is 58.7 Å². The quantitative estimate of drug-likeness (QED) is 0.342. The van der Waals surface area contributed by atoms with E-state index in [1.54, 1.807) is 22.3 Å². The molecule has 0 fully saturated rings. The van der Waals surface area contributed by atoms with Gasteiger partial charge in [0.15, 0.2) is 0 Å². The van der Waals surface area contributed by atoms with Gasteiger partial charge in [-0.05, 0) is 0 Å². The largest absolute Gasteiger partial charge is 0.210 e. The second-order valence-electron chi connectivity index (χ2n) is 6.83. The van der Waals surface area contributed by atoms with Crippen LogP contribution in [-0.4, -0.2) is 3.81 Å². The zero-order valence-corrected chi connectivity index (χ0v) is 18.0. The van der Waals surface area contributed by atoms with E-state index in [4.69, 9.17) is 18.6 Å². The Morgan fingerprint density at radius 1 is 0.792 bits per heavy atom. The first-order valence-electron chi connectivity index (χ1n) is 9.03. The molecule has 0 saturated heterocycles. The molecule has 132 valence electrons. The van der Waals surface area contributed by atoms with Crippen molar-refractivity contribution < 1.29 is 15.3 Å². The van der Waals surface area contributed by atoms with Gasteiger partial charge >= 0.3 is 51.6 Å². The third-order valence-electron chi connectivity index (χ3n) is 4.68. The van der Waals surface area contributed by atoms with Gasteiger partial charge in [0.2, 0.25) is 0 Å². The average Bonchev–Trinajstić information content (AvgIpc) is 3.24. The molecule has 0 nitrogen and oxygen atoms in total. The number of halogens is 2. The molecular weight excluding hydrogens is 371 g/mol. The van der Waals surface area contributed by atoms with E-state index in [1.165, 1.54) is 55.2 Å². The van der Waals surface area contributed by atoms with Crippen molar-refractivity contribution in [2.45, 2.75) is 65.2 Å². The summed E-state index contributed by atoms with van der Waals surface area (Å²) in [5.41, 5.74) is 6.39. The Hall–Kier alpha value is -0.136. The Balaban J connectivity index is 0.000000134. The maximum absolute atomic E-state index is 5.51. The summed E-state index contributed by atoms with van der Waals surface area (Å²) in [4.78, 5) is 0. The van der Waals surface area contributed by atoms with Crippen LogP contribution in [-0.2, 0) is 41.0 Å². The topological polar surface area (TPSA) is 0 Å². The van der Waals surface area contributed by atoms with Gasteiger partial charge in [0.05, 0.1) is 0 Å². The molecule has 24 heavy (non-hydrogen) atoms. The summed E-state index contributed by atoms with van der Waals surface area (Å²) in [6.07, 6.45) is 10.9. The van der Waals surface area contributed by atoms with Gasteiger partial charge in [-0.1, -0.05) is 51.4 Å². The first-order chi connectivity index (χ1) is 11.6. The van der Waals surface area contributed by atoms with Crippen LogP contribution in [0.5, 0.6) is 0 Å². The second kappa shape index (κ2) is 10.8. The molecule has 0 spiro atoms. The molecule has 0 atom stereocenters. The van der Waals surface area contributed by atoms with Crippen molar-refractivity contribution in [3.63, 3.8) is 0 Å². The number of rotatable bonds is 0. The summed E-state index contributed by atoms with van der Waals surface area (Å²) in [5, 5.41) is 0.